The highest BCUT2D eigenvalue weighted by atomic mass is 16.6. The Morgan fingerprint density at radius 2 is 0.589 bits per heavy atom. The molecule has 0 fully saturated rings. The first-order valence-corrected chi connectivity index (χ1v) is 32.0. The van der Waals surface area contributed by atoms with Crippen LogP contribution in [0, 0.1) is 0 Å². The second-order valence-corrected chi connectivity index (χ2v) is 21.5. The molecule has 0 heterocycles. The minimum absolute atomic E-state index is 0.0674. The first-order valence-electron chi connectivity index (χ1n) is 32.0. The number of allylic oxidation sites excluding steroid dienone is 12. The van der Waals surface area contributed by atoms with E-state index in [-0.39, 0.29) is 25.2 Å². The van der Waals surface area contributed by atoms with E-state index in [9.17, 15) is 14.7 Å². The van der Waals surface area contributed by atoms with Gasteiger partial charge in [0.2, 0.25) is 0 Å². The maximum atomic E-state index is 12.3. The number of esters is 2. The van der Waals surface area contributed by atoms with Gasteiger partial charge in [0.25, 0.3) is 0 Å². The third-order valence-electron chi connectivity index (χ3n) is 14.2. The molecule has 0 saturated carbocycles. The van der Waals surface area contributed by atoms with E-state index in [0.29, 0.717) is 12.8 Å². The monoisotopic (exact) mass is 1020 g/mol. The van der Waals surface area contributed by atoms with Crippen LogP contribution in [-0.2, 0) is 19.1 Å². The van der Waals surface area contributed by atoms with Gasteiger partial charge in [-0.05, 0) is 83.5 Å². The Morgan fingerprint density at radius 1 is 0.329 bits per heavy atom. The highest BCUT2D eigenvalue weighted by Gasteiger charge is 2.16. The number of aliphatic hydroxyl groups excluding tert-OH is 1. The zero-order valence-corrected chi connectivity index (χ0v) is 48.6. The second-order valence-electron chi connectivity index (χ2n) is 21.5. The fourth-order valence-corrected chi connectivity index (χ4v) is 9.46. The minimum atomic E-state index is -0.775. The maximum absolute atomic E-state index is 12.3. The molecule has 1 unspecified atom stereocenters. The number of carbonyl (C=O) groups is 2. The summed E-state index contributed by atoms with van der Waals surface area (Å²) in [6.45, 7) is 4.04. The Hall–Kier alpha value is -2.66. The lowest BCUT2D eigenvalue weighted by Crippen LogP contribution is -2.28. The third-order valence-corrected chi connectivity index (χ3v) is 14.2. The summed E-state index contributed by atoms with van der Waals surface area (Å²) in [5.74, 6) is -0.586. The average Bonchev–Trinajstić information content (AvgIpc) is 3.39. The van der Waals surface area contributed by atoms with Crippen molar-refractivity contribution in [2.45, 2.75) is 335 Å². The molecule has 0 spiro atoms. The standard InChI is InChI=1S/C68H122O5/c1-3-5-7-9-11-13-15-17-19-21-23-24-25-26-27-28-29-30-31-32-33-34-35-36-37-38-39-40-41-42-43-44-45-47-49-51-53-55-57-59-61-63-68(71)73-66(64-69)65-72-67(70)62-60-58-56-54-52-50-48-46-22-20-18-16-14-12-10-8-6-4-2/h5,7,11,13-14,16-17,19-20,22-24,66,69H,3-4,6,8-10,12,15,18,21,25-65H2,1-2H3/b7-5-,13-11-,16-14-,19-17-,22-20-,24-23-. The molecule has 424 valence electrons. The predicted octanol–water partition coefficient (Wildman–Crippen LogP) is 21.9. The zero-order chi connectivity index (χ0) is 52.7. The van der Waals surface area contributed by atoms with Crippen molar-refractivity contribution in [2.24, 2.45) is 0 Å². The van der Waals surface area contributed by atoms with Crippen LogP contribution in [0.5, 0.6) is 0 Å². The average molecular weight is 1020 g/mol. The summed E-state index contributed by atoms with van der Waals surface area (Å²) in [5, 5.41) is 9.66. The molecule has 0 rings (SSSR count). The molecule has 0 aromatic carbocycles. The molecule has 0 aromatic heterocycles. The van der Waals surface area contributed by atoms with Gasteiger partial charge in [0, 0.05) is 12.8 Å². The summed E-state index contributed by atoms with van der Waals surface area (Å²) in [5.41, 5.74) is 0. The second kappa shape index (κ2) is 63.6. The van der Waals surface area contributed by atoms with Gasteiger partial charge in [-0.3, -0.25) is 9.59 Å². The lowest BCUT2D eigenvalue weighted by molar-refractivity contribution is -0.161. The predicted molar refractivity (Wildman–Crippen MR) is 320 cm³/mol. The van der Waals surface area contributed by atoms with Crippen LogP contribution in [-0.4, -0.2) is 36.4 Å². The van der Waals surface area contributed by atoms with Gasteiger partial charge in [0.15, 0.2) is 6.10 Å². The Kier molecular flexibility index (Phi) is 61.3. The number of hydrogen-bond donors (Lipinski definition) is 1. The van der Waals surface area contributed by atoms with E-state index in [0.717, 1.165) is 70.6 Å². The Labute approximate surface area is 454 Å². The summed E-state index contributed by atoms with van der Waals surface area (Å²) in [7, 11) is 0. The van der Waals surface area contributed by atoms with Gasteiger partial charge in [-0.25, -0.2) is 0 Å². The van der Waals surface area contributed by atoms with Crippen molar-refractivity contribution in [1.29, 1.82) is 0 Å². The van der Waals surface area contributed by atoms with Crippen LogP contribution in [0.1, 0.15) is 328 Å². The van der Waals surface area contributed by atoms with E-state index in [2.05, 4.69) is 86.8 Å². The van der Waals surface area contributed by atoms with Crippen molar-refractivity contribution in [1.82, 2.24) is 0 Å². The molecular weight excluding hydrogens is 897 g/mol. The number of rotatable bonds is 59. The van der Waals surface area contributed by atoms with Crippen molar-refractivity contribution >= 4 is 11.9 Å². The summed E-state index contributed by atoms with van der Waals surface area (Å²) in [4.78, 5) is 24.5. The number of ether oxygens (including phenoxy) is 2. The van der Waals surface area contributed by atoms with Gasteiger partial charge in [-0.2, -0.15) is 0 Å². The highest BCUT2D eigenvalue weighted by Crippen LogP contribution is 2.18. The molecule has 0 radical (unpaired) electrons. The Bertz CT molecular complexity index is 1290. The molecule has 5 heteroatoms. The van der Waals surface area contributed by atoms with Crippen molar-refractivity contribution in [2.75, 3.05) is 13.2 Å². The molecule has 0 aromatic rings. The van der Waals surface area contributed by atoms with E-state index in [4.69, 9.17) is 9.47 Å². The van der Waals surface area contributed by atoms with Gasteiger partial charge < -0.3 is 14.6 Å². The van der Waals surface area contributed by atoms with E-state index in [1.807, 2.05) is 0 Å². The molecule has 73 heavy (non-hydrogen) atoms. The summed E-state index contributed by atoms with van der Waals surface area (Å²) in [6.07, 6.45) is 87.8. The van der Waals surface area contributed by atoms with E-state index < -0.39 is 6.10 Å². The van der Waals surface area contributed by atoms with Gasteiger partial charge in [-0.1, -0.05) is 305 Å². The minimum Gasteiger partial charge on any atom is -0.462 e. The van der Waals surface area contributed by atoms with E-state index in [1.165, 1.54) is 231 Å². The molecule has 0 amide bonds. The molecule has 1 atom stereocenters. The first kappa shape index (κ1) is 70.3. The largest absolute Gasteiger partial charge is 0.462 e. The molecule has 0 bridgehead atoms. The topological polar surface area (TPSA) is 72.8 Å². The molecule has 0 saturated heterocycles. The molecule has 0 aliphatic heterocycles. The number of hydrogen-bond acceptors (Lipinski definition) is 5. The lowest BCUT2D eigenvalue weighted by atomic mass is 10.0. The van der Waals surface area contributed by atoms with Crippen molar-refractivity contribution in [3.05, 3.63) is 72.9 Å². The van der Waals surface area contributed by atoms with Gasteiger partial charge >= 0.3 is 11.9 Å². The van der Waals surface area contributed by atoms with Crippen LogP contribution in [0.2, 0.25) is 0 Å². The summed E-state index contributed by atoms with van der Waals surface area (Å²) >= 11 is 0. The van der Waals surface area contributed by atoms with Gasteiger partial charge in [-0.15, -0.1) is 0 Å². The van der Waals surface area contributed by atoms with Crippen LogP contribution in [0.25, 0.3) is 0 Å². The summed E-state index contributed by atoms with van der Waals surface area (Å²) in [6, 6.07) is 0. The van der Waals surface area contributed by atoms with Crippen LogP contribution in [0.4, 0.5) is 0 Å². The van der Waals surface area contributed by atoms with Gasteiger partial charge in [0.05, 0.1) is 6.61 Å². The fraction of sp³-hybridized carbons (Fsp3) is 0.794. The van der Waals surface area contributed by atoms with Crippen LogP contribution in [0.15, 0.2) is 72.9 Å². The van der Waals surface area contributed by atoms with Crippen molar-refractivity contribution in [3.63, 3.8) is 0 Å². The molecule has 1 N–H and O–H groups in total. The number of aliphatic hydroxyl groups is 1. The quantitative estimate of drug-likeness (QED) is 0.0373. The lowest BCUT2D eigenvalue weighted by Gasteiger charge is -2.15. The van der Waals surface area contributed by atoms with E-state index >= 15 is 0 Å². The third kappa shape index (κ3) is 61.8. The highest BCUT2D eigenvalue weighted by molar-refractivity contribution is 5.70. The molecular formula is C68H122O5. The Balaban J connectivity index is 3.38. The number of carbonyl (C=O) groups excluding carboxylic acids is 2. The van der Waals surface area contributed by atoms with Crippen molar-refractivity contribution in [3.8, 4) is 0 Å². The van der Waals surface area contributed by atoms with Crippen LogP contribution >= 0.6 is 0 Å². The van der Waals surface area contributed by atoms with Gasteiger partial charge in [0.1, 0.15) is 6.61 Å². The summed E-state index contributed by atoms with van der Waals surface area (Å²) < 4.78 is 10.7. The smallest absolute Gasteiger partial charge is 0.306 e. The van der Waals surface area contributed by atoms with Crippen LogP contribution in [0.3, 0.4) is 0 Å². The van der Waals surface area contributed by atoms with Crippen LogP contribution < -0.4 is 0 Å². The normalized spacial score (nSPS) is 12.6. The molecule has 0 aliphatic rings. The van der Waals surface area contributed by atoms with Crippen molar-refractivity contribution < 1.29 is 24.2 Å². The SMILES string of the molecule is CC/C=C\C/C=C\C/C=C\C/C=C\CCCCCCCCCCCCCCCCCCCCCCCCCCCCCCC(=O)OC(CO)COC(=O)CCCCCCCCC/C=C\C/C=C\CCCCCC. The Morgan fingerprint density at radius 3 is 0.890 bits per heavy atom. The first-order chi connectivity index (χ1) is 36.1. The molecule has 5 nitrogen and oxygen atoms in total. The fourth-order valence-electron chi connectivity index (χ4n) is 9.46. The molecule has 0 aliphatic carbocycles. The van der Waals surface area contributed by atoms with E-state index in [1.54, 1.807) is 0 Å². The zero-order valence-electron chi connectivity index (χ0n) is 48.6. The number of unbranched alkanes of at least 4 members (excludes halogenated alkanes) is 39. The maximum Gasteiger partial charge on any atom is 0.306 e.